The van der Waals surface area contributed by atoms with Crippen LogP contribution in [0.2, 0.25) is 0 Å². The minimum absolute atomic E-state index is 0.0210. The number of piperidine rings is 1. The van der Waals surface area contributed by atoms with E-state index in [1.807, 2.05) is 30.5 Å². The Bertz CT molecular complexity index is 1160. The smallest absolute Gasteiger partial charge is 0.228 e. The number of anilines is 1. The molecule has 2 aliphatic rings. The third-order valence-electron chi connectivity index (χ3n) is 5.24. The number of fused-ring (bicyclic) bond motifs is 2. The lowest BCUT2D eigenvalue weighted by molar-refractivity contribution is -0.138. The number of benzene rings is 2. The normalized spacial score (nSPS) is 16.1. The van der Waals surface area contributed by atoms with Gasteiger partial charge in [0.05, 0.1) is 12.5 Å². The average Bonchev–Trinajstić information content (AvgIpc) is 3.33. The molecular formula is C22H17N3O3S. The van der Waals surface area contributed by atoms with Crippen molar-refractivity contribution in [3.05, 3.63) is 53.6 Å². The second-order valence-electron chi connectivity index (χ2n) is 7.28. The summed E-state index contributed by atoms with van der Waals surface area (Å²) >= 11 is 1.71. The van der Waals surface area contributed by atoms with Gasteiger partial charge in [0.15, 0.2) is 0 Å². The number of carbonyl (C=O) groups excluding carboxylic acids is 3. The summed E-state index contributed by atoms with van der Waals surface area (Å²) in [6.07, 6.45) is 1.86. The Morgan fingerprint density at radius 3 is 2.69 bits per heavy atom. The zero-order chi connectivity index (χ0) is 20.0. The first kappa shape index (κ1) is 17.8. The molecule has 29 heavy (non-hydrogen) atoms. The first-order valence-electron chi connectivity index (χ1n) is 9.36. The molecule has 3 amide bonds. The van der Waals surface area contributed by atoms with Crippen molar-refractivity contribution < 1.29 is 14.4 Å². The predicted octanol–water partition coefficient (Wildman–Crippen LogP) is 3.49. The number of carbonyl (C=O) groups is 3. The molecule has 2 aliphatic heterocycles. The van der Waals surface area contributed by atoms with Crippen molar-refractivity contribution in [2.75, 3.05) is 5.32 Å². The summed E-state index contributed by atoms with van der Waals surface area (Å²) in [6, 6.07) is 14.2. The maximum absolute atomic E-state index is 12.7. The van der Waals surface area contributed by atoms with Crippen molar-refractivity contribution in [1.29, 1.82) is 0 Å². The molecule has 1 saturated heterocycles. The minimum Gasteiger partial charge on any atom is -0.326 e. The van der Waals surface area contributed by atoms with Gasteiger partial charge in [-0.1, -0.05) is 18.2 Å². The van der Waals surface area contributed by atoms with E-state index in [9.17, 15) is 14.4 Å². The Kier molecular flexibility index (Phi) is 4.24. The molecule has 2 N–H and O–H groups in total. The summed E-state index contributed by atoms with van der Waals surface area (Å²) in [5, 5.41) is 6.31. The van der Waals surface area contributed by atoms with Gasteiger partial charge < -0.3 is 5.32 Å². The SMILES string of the molecule is O=C1CC(C(=O)Nc2cc3c(c(-c4cc5ccccc5s4)c2)CN=C3)CC(=O)N1. The molecule has 3 heterocycles. The van der Waals surface area contributed by atoms with Gasteiger partial charge in [0, 0.05) is 39.9 Å². The largest absolute Gasteiger partial charge is 0.326 e. The fourth-order valence-electron chi connectivity index (χ4n) is 3.84. The van der Waals surface area contributed by atoms with Crippen LogP contribution in [-0.4, -0.2) is 23.9 Å². The molecule has 0 aliphatic carbocycles. The van der Waals surface area contributed by atoms with Gasteiger partial charge in [0.25, 0.3) is 0 Å². The molecule has 0 saturated carbocycles. The van der Waals surface area contributed by atoms with Gasteiger partial charge >= 0.3 is 0 Å². The quantitative estimate of drug-likeness (QED) is 0.656. The van der Waals surface area contributed by atoms with E-state index >= 15 is 0 Å². The van der Waals surface area contributed by atoms with E-state index in [4.69, 9.17) is 0 Å². The predicted molar refractivity (Wildman–Crippen MR) is 113 cm³/mol. The van der Waals surface area contributed by atoms with Gasteiger partial charge in [-0.3, -0.25) is 24.7 Å². The molecule has 0 spiro atoms. The van der Waals surface area contributed by atoms with Crippen LogP contribution >= 0.6 is 11.3 Å². The highest BCUT2D eigenvalue weighted by molar-refractivity contribution is 7.22. The Morgan fingerprint density at radius 1 is 1.10 bits per heavy atom. The Morgan fingerprint density at radius 2 is 1.90 bits per heavy atom. The number of hydrogen-bond donors (Lipinski definition) is 2. The highest BCUT2D eigenvalue weighted by Crippen LogP contribution is 2.39. The van der Waals surface area contributed by atoms with Crippen LogP contribution in [0.15, 0.2) is 47.5 Å². The summed E-state index contributed by atoms with van der Waals surface area (Å²) in [5.74, 6) is -1.78. The third kappa shape index (κ3) is 3.34. The molecule has 7 heteroatoms. The standard InChI is InChI=1S/C22H17N3O3S/c26-20-7-13(8-21(27)25-20)22(28)24-15-5-14-10-23-11-17(14)16(9-15)19-6-12-3-1-2-4-18(12)29-19/h1-6,9-10,13H,7-8,11H2,(H,24,28)(H,25,26,27). The van der Waals surface area contributed by atoms with Crippen molar-refractivity contribution in [2.45, 2.75) is 19.4 Å². The lowest BCUT2D eigenvalue weighted by Crippen LogP contribution is -2.42. The molecule has 3 aromatic rings. The number of hydrogen-bond acceptors (Lipinski definition) is 5. The van der Waals surface area contributed by atoms with E-state index < -0.39 is 17.7 Å². The fourth-order valence-corrected chi connectivity index (χ4v) is 4.94. The number of imide groups is 1. The molecular weight excluding hydrogens is 386 g/mol. The number of amides is 3. The van der Waals surface area contributed by atoms with E-state index in [1.54, 1.807) is 11.3 Å². The van der Waals surface area contributed by atoms with Crippen molar-refractivity contribution in [2.24, 2.45) is 10.9 Å². The van der Waals surface area contributed by atoms with Crippen molar-refractivity contribution in [3.8, 4) is 10.4 Å². The molecule has 6 nitrogen and oxygen atoms in total. The molecule has 0 atom stereocenters. The van der Waals surface area contributed by atoms with Crippen LogP contribution in [0.1, 0.15) is 24.0 Å². The number of thiophene rings is 1. The van der Waals surface area contributed by atoms with Gasteiger partial charge in [-0.15, -0.1) is 11.3 Å². The zero-order valence-corrected chi connectivity index (χ0v) is 16.2. The maximum Gasteiger partial charge on any atom is 0.228 e. The number of rotatable bonds is 3. The first-order valence-corrected chi connectivity index (χ1v) is 10.2. The number of aliphatic imine (C=N–C) groups is 1. The second kappa shape index (κ2) is 6.93. The Hall–Kier alpha value is -3.32. The summed E-state index contributed by atoms with van der Waals surface area (Å²) in [6.45, 7) is 0.616. The average molecular weight is 403 g/mol. The van der Waals surface area contributed by atoms with Crippen LogP contribution in [0.3, 0.4) is 0 Å². The minimum atomic E-state index is -0.647. The molecule has 0 radical (unpaired) electrons. The van der Waals surface area contributed by atoms with Crippen LogP contribution in [0, 0.1) is 5.92 Å². The molecule has 5 rings (SSSR count). The molecule has 144 valence electrons. The van der Waals surface area contributed by atoms with Crippen LogP contribution in [0.4, 0.5) is 5.69 Å². The summed E-state index contributed by atoms with van der Waals surface area (Å²) in [4.78, 5) is 41.4. The van der Waals surface area contributed by atoms with E-state index in [0.29, 0.717) is 12.2 Å². The topological polar surface area (TPSA) is 87.6 Å². The Balaban J connectivity index is 1.49. The second-order valence-corrected chi connectivity index (χ2v) is 8.36. The summed E-state index contributed by atoms with van der Waals surface area (Å²) in [7, 11) is 0. The maximum atomic E-state index is 12.7. The van der Waals surface area contributed by atoms with Gasteiger partial charge in [-0.2, -0.15) is 0 Å². The van der Waals surface area contributed by atoms with E-state index in [1.165, 1.54) is 10.1 Å². The van der Waals surface area contributed by atoms with Gasteiger partial charge in [-0.25, -0.2) is 0 Å². The molecule has 1 fully saturated rings. The van der Waals surface area contributed by atoms with Crippen LogP contribution in [-0.2, 0) is 20.9 Å². The highest BCUT2D eigenvalue weighted by atomic mass is 32.1. The van der Waals surface area contributed by atoms with Crippen molar-refractivity contribution in [1.82, 2.24) is 5.32 Å². The Labute approximate surface area is 170 Å². The van der Waals surface area contributed by atoms with Crippen molar-refractivity contribution in [3.63, 3.8) is 0 Å². The van der Waals surface area contributed by atoms with Crippen LogP contribution in [0.25, 0.3) is 20.5 Å². The van der Waals surface area contributed by atoms with Crippen LogP contribution in [0.5, 0.6) is 0 Å². The van der Waals surface area contributed by atoms with Gasteiger partial charge in [-0.05, 0) is 40.8 Å². The summed E-state index contributed by atoms with van der Waals surface area (Å²) < 4.78 is 1.20. The van der Waals surface area contributed by atoms with Gasteiger partial charge in [0.1, 0.15) is 0 Å². The number of nitrogens with one attached hydrogen (secondary N) is 2. The van der Waals surface area contributed by atoms with E-state index in [0.717, 1.165) is 21.6 Å². The lowest BCUT2D eigenvalue weighted by atomic mass is 9.95. The number of nitrogens with zero attached hydrogens (tertiary/aromatic N) is 1. The molecule has 0 unspecified atom stereocenters. The monoisotopic (exact) mass is 403 g/mol. The first-order chi connectivity index (χ1) is 14.1. The lowest BCUT2D eigenvalue weighted by Gasteiger charge is -2.20. The zero-order valence-electron chi connectivity index (χ0n) is 15.4. The summed E-state index contributed by atoms with van der Waals surface area (Å²) in [5.41, 5.74) is 3.82. The van der Waals surface area contributed by atoms with Crippen molar-refractivity contribution >= 4 is 51.0 Å². The fraction of sp³-hybridized carbons (Fsp3) is 0.182. The molecule has 1 aromatic heterocycles. The highest BCUT2D eigenvalue weighted by Gasteiger charge is 2.30. The van der Waals surface area contributed by atoms with Crippen LogP contribution < -0.4 is 10.6 Å². The molecule has 2 aromatic carbocycles. The van der Waals surface area contributed by atoms with E-state index in [-0.39, 0.29) is 18.7 Å². The molecule has 0 bridgehead atoms. The van der Waals surface area contributed by atoms with Gasteiger partial charge in [0.2, 0.25) is 17.7 Å². The van der Waals surface area contributed by atoms with E-state index in [2.05, 4.69) is 33.8 Å². The third-order valence-corrected chi connectivity index (χ3v) is 6.39.